The molecule has 11 heteroatoms. The molecule has 172 valence electrons. The lowest BCUT2D eigenvalue weighted by Crippen LogP contribution is -2.32. The Morgan fingerprint density at radius 3 is 2.85 bits per heavy atom. The lowest BCUT2D eigenvalue weighted by atomic mass is 10.1. The maximum atomic E-state index is 14.4. The second kappa shape index (κ2) is 8.71. The zero-order valence-corrected chi connectivity index (χ0v) is 18.2. The highest BCUT2D eigenvalue weighted by Gasteiger charge is 2.50. The van der Waals surface area contributed by atoms with Gasteiger partial charge in [-0.15, -0.1) is 0 Å². The van der Waals surface area contributed by atoms with E-state index in [1.54, 1.807) is 0 Å². The van der Waals surface area contributed by atoms with Crippen LogP contribution >= 0.6 is 0 Å². The summed E-state index contributed by atoms with van der Waals surface area (Å²) in [5, 5.41) is 23.4. The molecular formula is C22H24FN7O3. The van der Waals surface area contributed by atoms with Crippen molar-refractivity contribution in [1.29, 1.82) is 5.26 Å². The van der Waals surface area contributed by atoms with Gasteiger partial charge in [-0.3, -0.25) is 14.9 Å². The molecule has 4 rings (SSSR count). The van der Waals surface area contributed by atoms with Crippen LogP contribution in [0.1, 0.15) is 30.4 Å². The third-order valence-electron chi connectivity index (χ3n) is 6.37. The first-order valence-corrected chi connectivity index (χ1v) is 10.7. The highest BCUT2D eigenvalue weighted by Crippen LogP contribution is 2.45. The number of halogens is 1. The van der Waals surface area contributed by atoms with Crippen LogP contribution in [-0.4, -0.2) is 40.4 Å². The molecule has 1 aliphatic heterocycles. The van der Waals surface area contributed by atoms with Crippen molar-refractivity contribution in [3.05, 3.63) is 45.4 Å². The average molecular weight is 453 g/mol. The van der Waals surface area contributed by atoms with Crippen LogP contribution in [0.2, 0.25) is 0 Å². The van der Waals surface area contributed by atoms with Crippen molar-refractivity contribution < 1.29 is 14.1 Å². The first-order chi connectivity index (χ1) is 15.8. The van der Waals surface area contributed by atoms with E-state index in [-0.39, 0.29) is 41.0 Å². The summed E-state index contributed by atoms with van der Waals surface area (Å²) in [5.41, 5.74) is 5.31. The number of hydrogen-bond donors (Lipinski definition) is 2. The van der Waals surface area contributed by atoms with Gasteiger partial charge in [0.25, 0.3) is 5.69 Å². The van der Waals surface area contributed by atoms with Crippen molar-refractivity contribution in [2.75, 3.05) is 24.5 Å². The predicted molar refractivity (Wildman–Crippen MR) is 117 cm³/mol. The molecular weight excluding hydrogens is 429 g/mol. The van der Waals surface area contributed by atoms with Gasteiger partial charge in [0.15, 0.2) is 5.82 Å². The van der Waals surface area contributed by atoms with Gasteiger partial charge in [0.1, 0.15) is 17.1 Å². The molecule has 33 heavy (non-hydrogen) atoms. The Labute approximate surface area is 189 Å². The zero-order valence-electron chi connectivity index (χ0n) is 18.2. The van der Waals surface area contributed by atoms with Crippen molar-refractivity contribution in [2.45, 2.75) is 32.7 Å². The molecule has 1 saturated carbocycles. The molecule has 1 unspecified atom stereocenters. The standard InChI is InChI=1S/C22H24FN7O3/c1-13-17(23)6-15(7-18(13)30(32)33)19-26-9-16(10-27-21(31)22(12-25)3-4-22)20(28-19)29-5-2-14(8-24)11-29/h6-7,9,14H,2-5,8,10-11,24H2,1H3,(H,27,31). The number of rotatable bonds is 7. The fraction of sp³-hybridized carbons (Fsp3) is 0.455. The maximum absolute atomic E-state index is 14.4. The lowest BCUT2D eigenvalue weighted by Gasteiger charge is -2.22. The Hall–Kier alpha value is -3.65. The van der Waals surface area contributed by atoms with Crippen LogP contribution in [-0.2, 0) is 11.3 Å². The molecule has 2 heterocycles. The molecule has 0 bridgehead atoms. The minimum absolute atomic E-state index is 0.0554. The normalized spacial score (nSPS) is 18.6. The molecule has 1 amide bonds. The monoisotopic (exact) mass is 453 g/mol. The van der Waals surface area contributed by atoms with Crippen LogP contribution in [0.3, 0.4) is 0 Å². The van der Waals surface area contributed by atoms with Gasteiger partial charge in [-0.1, -0.05) is 0 Å². The molecule has 2 aromatic rings. The smallest absolute Gasteiger partial charge is 0.275 e. The van der Waals surface area contributed by atoms with E-state index in [0.29, 0.717) is 43.9 Å². The number of nitro benzene ring substituents is 1. The van der Waals surface area contributed by atoms with E-state index < -0.39 is 16.2 Å². The fourth-order valence-electron chi connectivity index (χ4n) is 4.00. The van der Waals surface area contributed by atoms with Gasteiger partial charge in [-0.2, -0.15) is 5.26 Å². The number of carbonyl (C=O) groups is 1. The SMILES string of the molecule is Cc1c(F)cc(-c2ncc(CNC(=O)C3(C#N)CC3)c(N3CCC(CN)C3)n2)cc1[N+](=O)[O-]. The van der Waals surface area contributed by atoms with Crippen LogP contribution in [0.4, 0.5) is 15.9 Å². The van der Waals surface area contributed by atoms with Gasteiger partial charge in [0, 0.05) is 43.0 Å². The van der Waals surface area contributed by atoms with Crippen LogP contribution in [0, 0.1) is 45.5 Å². The third kappa shape index (κ3) is 4.34. The van der Waals surface area contributed by atoms with E-state index in [4.69, 9.17) is 5.73 Å². The van der Waals surface area contributed by atoms with Gasteiger partial charge < -0.3 is 16.0 Å². The van der Waals surface area contributed by atoms with Crippen molar-refractivity contribution in [3.8, 4) is 17.5 Å². The summed E-state index contributed by atoms with van der Waals surface area (Å²) in [6, 6.07) is 4.51. The van der Waals surface area contributed by atoms with Crippen molar-refractivity contribution >= 4 is 17.4 Å². The highest BCUT2D eigenvalue weighted by atomic mass is 19.1. The van der Waals surface area contributed by atoms with Gasteiger partial charge in [0.2, 0.25) is 5.91 Å². The predicted octanol–water partition coefficient (Wildman–Crippen LogP) is 2.20. The van der Waals surface area contributed by atoms with Crippen LogP contribution < -0.4 is 16.0 Å². The Balaban J connectivity index is 1.68. The molecule has 2 aliphatic rings. The van der Waals surface area contributed by atoms with Crippen LogP contribution in [0.25, 0.3) is 11.4 Å². The number of amides is 1. The molecule has 1 aliphatic carbocycles. The van der Waals surface area contributed by atoms with E-state index >= 15 is 0 Å². The molecule has 1 aromatic heterocycles. The number of nitrogens with two attached hydrogens (primary N) is 1. The summed E-state index contributed by atoms with van der Waals surface area (Å²) in [5.74, 6) is -0.0402. The van der Waals surface area contributed by atoms with Crippen LogP contribution in [0.15, 0.2) is 18.3 Å². The number of hydrogen-bond acceptors (Lipinski definition) is 8. The molecule has 3 N–H and O–H groups in total. The second-order valence-electron chi connectivity index (χ2n) is 8.61. The van der Waals surface area contributed by atoms with E-state index in [1.807, 2.05) is 4.90 Å². The fourth-order valence-corrected chi connectivity index (χ4v) is 4.00. The number of carbonyl (C=O) groups excluding carboxylic acids is 1. The van der Waals surface area contributed by atoms with Gasteiger partial charge in [0.05, 0.1) is 16.6 Å². The third-order valence-corrected chi connectivity index (χ3v) is 6.37. The summed E-state index contributed by atoms with van der Waals surface area (Å²) < 4.78 is 14.4. The van der Waals surface area contributed by atoms with Gasteiger partial charge in [-0.25, -0.2) is 14.4 Å². The first-order valence-electron chi connectivity index (χ1n) is 10.7. The summed E-state index contributed by atoms with van der Waals surface area (Å²) in [4.78, 5) is 34.0. The largest absolute Gasteiger partial charge is 0.356 e. The van der Waals surface area contributed by atoms with E-state index in [0.717, 1.165) is 6.42 Å². The summed E-state index contributed by atoms with van der Waals surface area (Å²) >= 11 is 0. The molecule has 1 atom stereocenters. The molecule has 1 saturated heterocycles. The Morgan fingerprint density at radius 2 is 2.24 bits per heavy atom. The molecule has 0 radical (unpaired) electrons. The molecule has 0 spiro atoms. The molecule has 1 aromatic carbocycles. The minimum Gasteiger partial charge on any atom is -0.356 e. The quantitative estimate of drug-likeness (QED) is 0.478. The van der Waals surface area contributed by atoms with Crippen molar-refractivity contribution in [3.63, 3.8) is 0 Å². The first kappa shape index (κ1) is 22.5. The Morgan fingerprint density at radius 1 is 1.48 bits per heavy atom. The highest BCUT2D eigenvalue weighted by molar-refractivity contribution is 5.88. The number of benzene rings is 1. The molecule has 2 fully saturated rings. The summed E-state index contributed by atoms with van der Waals surface area (Å²) in [6.45, 7) is 3.37. The topological polar surface area (TPSA) is 151 Å². The average Bonchev–Trinajstić information content (AvgIpc) is 3.47. The number of nitrogens with zero attached hydrogens (tertiary/aromatic N) is 5. The number of nitriles is 1. The maximum Gasteiger partial charge on any atom is 0.275 e. The number of nitro groups is 1. The Kier molecular flexibility index (Phi) is 5.95. The number of anilines is 1. The van der Waals surface area contributed by atoms with Gasteiger partial charge >= 0.3 is 0 Å². The number of aromatic nitrogens is 2. The number of nitrogens with one attached hydrogen (secondary N) is 1. The van der Waals surface area contributed by atoms with Crippen LogP contribution in [0.5, 0.6) is 0 Å². The van der Waals surface area contributed by atoms with Gasteiger partial charge in [-0.05, 0) is 44.7 Å². The second-order valence-corrected chi connectivity index (χ2v) is 8.61. The molecule has 10 nitrogen and oxygen atoms in total. The summed E-state index contributed by atoms with van der Waals surface area (Å²) in [6.07, 6.45) is 3.49. The van der Waals surface area contributed by atoms with E-state index in [1.165, 1.54) is 25.3 Å². The Bertz CT molecular complexity index is 1160. The van der Waals surface area contributed by atoms with Crippen molar-refractivity contribution in [1.82, 2.24) is 15.3 Å². The van der Waals surface area contributed by atoms with E-state index in [2.05, 4.69) is 21.4 Å². The van der Waals surface area contributed by atoms with Crippen molar-refractivity contribution in [2.24, 2.45) is 17.1 Å². The van der Waals surface area contributed by atoms with E-state index in [9.17, 15) is 24.6 Å². The summed E-state index contributed by atoms with van der Waals surface area (Å²) in [7, 11) is 0. The lowest BCUT2D eigenvalue weighted by molar-refractivity contribution is -0.385. The zero-order chi connectivity index (χ0) is 23.8. The minimum atomic E-state index is -0.947.